The molecule has 0 radical (unpaired) electrons. The van der Waals surface area contributed by atoms with Crippen LogP contribution in [0, 0.1) is 0 Å². The molecule has 104 valence electrons. The van der Waals surface area contributed by atoms with Crippen molar-refractivity contribution in [3.05, 3.63) is 64.7 Å². The van der Waals surface area contributed by atoms with E-state index in [2.05, 4.69) is 49.4 Å². The van der Waals surface area contributed by atoms with Crippen LogP contribution in [-0.4, -0.2) is 6.61 Å². The number of benzene rings is 2. The zero-order valence-corrected chi connectivity index (χ0v) is 11.9. The van der Waals surface area contributed by atoms with Crippen molar-refractivity contribution in [2.45, 2.75) is 32.2 Å². The molecule has 1 heterocycles. The maximum atomic E-state index is 6.54. The molecule has 1 aliphatic rings. The lowest BCUT2D eigenvalue weighted by atomic mass is 9.91. The van der Waals surface area contributed by atoms with Crippen LogP contribution in [0.5, 0.6) is 5.75 Å². The second kappa shape index (κ2) is 5.68. The van der Waals surface area contributed by atoms with Gasteiger partial charge in [-0.3, -0.25) is 0 Å². The summed E-state index contributed by atoms with van der Waals surface area (Å²) in [6.45, 7) is 2.97. The maximum Gasteiger partial charge on any atom is 0.127 e. The van der Waals surface area contributed by atoms with E-state index in [0.717, 1.165) is 37.2 Å². The minimum Gasteiger partial charge on any atom is -0.493 e. The molecule has 2 aromatic rings. The number of ether oxygens (including phenoxy) is 1. The van der Waals surface area contributed by atoms with Crippen molar-refractivity contribution in [1.82, 2.24) is 0 Å². The Morgan fingerprint density at radius 2 is 1.90 bits per heavy atom. The highest BCUT2D eigenvalue weighted by atomic mass is 16.5. The molecule has 0 aliphatic carbocycles. The molecule has 2 heteroatoms. The predicted molar refractivity (Wildman–Crippen MR) is 82.1 cm³/mol. The monoisotopic (exact) mass is 267 g/mol. The minimum atomic E-state index is -0.112. The fraction of sp³-hybridized carbons (Fsp3) is 0.333. The Labute approximate surface area is 120 Å². The van der Waals surface area contributed by atoms with Crippen LogP contribution in [0.15, 0.2) is 42.5 Å². The molecular formula is C18H21NO. The Bertz CT molecular complexity index is 606. The predicted octanol–water partition coefficient (Wildman–Crippen LogP) is 3.62. The molecular weight excluding hydrogens is 246 g/mol. The van der Waals surface area contributed by atoms with Gasteiger partial charge in [0.05, 0.1) is 12.6 Å². The van der Waals surface area contributed by atoms with E-state index in [4.69, 9.17) is 10.5 Å². The second-order valence-electron chi connectivity index (χ2n) is 5.32. The first-order valence-electron chi connectivity index (χ1n) is 7.39. The Balaban J connectivity index is 2.04. The van der Waals surface area contributed by atoms with Gasteiger partial charge in [-0.15, -0.1) is 0 Å². The highest BCUT2D eigenvalue weighted by molar-refractivity contribution is 5.48. The zero-order valence-electron chi connectivity index (χ0n) is 11.9. The number of nitrogens with two attached hydrogens (primary N) is 1. The average molecular weight is 267 g/mol. The summed E-state index contributed by atoms with van der Waals surface area (Å²) < 4.78 is 5.89. The normalized spacial score (nSPS) is 15.3. The fourth-order valence-corrected chi connectivity index (χ4v) is 2.99. The quantitative estimate of drug-likeness (QED) is 0.921. The number of hydrogen-bond donors (Lipinski definition) is 1. The van der Waals surface area contributed by atoms with Gasteiger partial charge in [0.25, 0.3) is 0 Å². The van der Waals surface area contributed by atoms with Gasteiger partial charge in [-0.2, -0.15) is 0 Å². The van der Waals surface area contributed by atoms with Gasteiger partial charge in [0.15, 0.2) is 0 Å². The van der Waals surface area contributed by atoms with Crippen LogP contribution in [0.2, 0.25) is 0 Å². The Hall–Kier alpha value is -1.80. The van der Waals surface area contributed by atoms with Gasteiger partial charge in [-0.25, -0.2) is 0 Å². The first-order valence-corrected chi connectivity index (χ1v) is 7.39. The fourth-order valence-electron chi connectivity index (χ4n) is 2.99. The third-order valence-electron chi connectivity index (χ3n) is 4.07. The minimum absolute atomic E-state index is 0.112. The lowest BCUT2D eigenvalue weighted by Crippen LogP contribution is -2.18. The van der Waals surface area contributed by atoms with Crippen LogP contribution < -0.4 is 10.5 Å². The summed E-state index contributed by atoms with van der Waals surface area (Å²) in [6.07, 6.45) is 3.18. The van der Waals surface area contributed by atoms with Crippen molar-refractivity contribution in [3.8, 4) is 5.75 Å². The van der Waals surface area contributed by atoms with Crippen molar-refractivity contribution in [1.29, 1.82) is 0 Å². The van der Waals surface area contributed by atoms with Crippen LogP contribution in [0.4, 0.5) is 0 Å². The third kappa shape index (κ3) is 2.32. The summed E-state index contributed by atoms with van der Waals surface area (Å²) in [5, 5.41) is 0. The van der Waals surface area contributed by atoms with Crippen molar-refractivity contribution in [2.75, 3.05) is 6.61 Å². The molecule has 0 fully saturated rings. The lowest BCUT2D eigenvalue weighted by Gasteiger charge is -2.24. The van der Waals surface area contributed by atoms with E-state index in [1.165, 1.54) is 16.7 Å². The maximum absolute atomic E-state index is 6.54. The molecule has 1 unspecified atom stereocenters. The van der Waals surface area contributed by atoms with Gasteiger partial charge >= 0.3 is 0 Å². The highest BCUT2D eigenvalue weighted by Crippen LogP contribution is 2.35. The molecule has 2 nitrogen and oxygen atoms in total. The molecule has 2 N–H and O–H groups in total. The SMILES string of the molecule is CCc1ccccc1C(N)c1cccc2c1OCCC2. The van der Waals surface area contributed by atoms with E-state index in [-0.39, 0.29) is 6.04 Å². The molecule has 20 heavy (non-hydrogen) atoms. The average Bonchev–Trinajstić information content (AvgIpc) is 2.53. The second-order valence-corrected chi connectivity index (χ2v) is 5.32. The number of hydrogen-bond acceptors (Lipinski definition) is 2. The number of aryl methyl sites for hydroxylation is 2. The Morgan fingerprint density at radius 3 is 2.75 bits per heavy atom. The molecule has 0 saturated carbocycles. The topological polar surface area (TPSA) is 35.2 Å². The van der Waals surface area contributed by atoms with Crippen molar-refractivity contribution in [3.63, 3.8) is 0 Å². The number of rotatable bonds is 3. The summed E-state index contributed by atoms with van der Waals surface area (Å²) in [5.41, 5.74) is 11.5. The van der Waals surface area contributed by atoms with E-state index in [1.54, 1.807) is 0 Å². The molecule has 0 amide bonds. The summed E-state index contributed by atoms with van der Waals surface area (Å²) >= 11 is 0. The van der Waals surface area contributed by atoms with Crippen LogP contribution in [0.1, 0.15) is 41.6 Å². The van der Waals surface area contributed by atoms with Gasteiger partial charge in [-0.05, 0) is 36.0 Å². The van der Waals surface area contributed by atoms with Crippen LogP contribution >= 0.6 is 0 Å². The van der Waals surface area contributed by atoms with Gasteiger partial charge in [0.2, 0.25) is 0 Å². The van der Waals surface area contributed by atoms with E-state index in [1.807, 2.05) is 0 Å². The molecule has 0 spiro atoms. The van der Waals surface area contributed by atoms with Gasteiger partial charge in [0, 0.05) is 5.56 Å². The number of fused-ring (bicyclic) bond motifs is 1. The van der Waals surface area contributed by atoms with Crippen molar-refractivity contribution >= 4 is 0 Å². The van der Waals surface area contributed by atoms with Crippen LogP contribution in [0.3, 0.4) is 0 Å². The van der Waals surface area contributed by atoms with Gasteiger partial charge in [0.1, 0.15) is 5.75 Å². The third-order valence-corrected chi connectivity index (χ3v) is 4.07. The van der Waals surface area contributed by atoms with Crippen LogP contribution in [0.25, 0.3) is 0 Å². The molecule has 0 aromatic heterocycles. The van der Waals surface area contributed by atoms with Gasteiger partial charge < -0.3 is 10.5 Å². The summed E-state index contributed by atoms with van der Waals surface area (Å²) in [6, 6.07) is 14.7. The first-order chi connectivity index (χ1) is 9.81. The largest absolute Gasteiger partial charge is 0.493 e. The van der Waals surface area contributed by atoms with E-state index >= 15 is 0 Å². The lowest BCUT2D eigenvalue weighted by molar-refractivity contribution is 0.284. The summed E-state index contributed by atoms with van der Waals surface area (Å²) in [7, 11) is 0. The molecule has 1 atom stereocenters. The molecule has 0 saturated heterocycles. The smallest absolute Gasteiger partial charge is 0.127 e. The Morgan fingerprint density at radius 1 is 1.10 bits per heavy atom. The molecule has 0 bridgehead atoms. The van der Waals surface area contributed by atoms with Crippen LogP contribution in [-0.2, 0) is 12.8 Å². The molecule has 1 aliphatic heterocycles. The zero-order chi connectivity index (χ0) is 13.9. The summed E-state index contributed by atoms with van der Waals surface area (Å²) in [5.74, 6) is 1.01. The van der Waals surface area contributed by atoms with E-state index in [0.29, 0.717) is 0 Å². The summed E-state index contributed by atoms with van der Waals surface area (Å²) in [4.78, 5) is 0. The first kappa shape index (κ1) is 13.2. The van der Waals surface area contributed by atoms with Gasteiger partial charge in [-0.1, -0.05) is 49.4 Å². The van der Waals surface area contributed by atoms with E-state index in [9.17, 15) is 0 Å². The van der Waals surface area contributed by atoms with Crippen molar-refractivity contribution in [2.24, 2.45) is 5.73 Å². The number of para-hydroxylation sites is 1. The Kier molecular flexibility index (Phi) is 3.75. The molecule has 3 rings (SSSR count). The van der Waals surface area contributed by atoms with Crippen molar-refractivity contribution < 1.29 is 4.74 Å². The molecule has 2 aromatic carbocycles. The highest BCUT2D eigenvalue weighted by Gasteiger charge is 2.20. The standard InChI is InChI=1S/C18H21NO/c1-2-13-7-3-4-10-15(13)17(19)16-11-5-8-14-9-6-12-20-18(14)16/h3-5,7-8,10-11,17H,2,6,9,12,19H2,1H3. The van der Waals surface area contributed by atoms with E-state index < -0.39 is 0 Å².